The molecule has 0 fully saturated rings. The first-order valence-corrected chi connectivity index (χ1v) is 12.4. The third-order valence-corrected chi connectivity index (χ3v) is 6.86. The third-order valence-electron chi connectivity index (χ3n) is 5.88. The summed E-state index contributed by atoms with van der Waals surface area (Å²) in [5.74, 6) is 1.66. The van der Waals surface area contributed by atoms with Crippen LogP contribution in [0.3, 0.4) is 0 Å². The highest BCUT2D eigenvalue weighted by molar-refractivity contribution is 7.99. The van der Waals surface area contributed by atoms with Crippen molar-refractivity contribution in [3.05, 3.63) is 101 Å². The van der Waals surface area contributed by atoms with Crippen LogP contribution in [-0.4, -0.2) is 36.1 Å². The van der Waals surface area contributed by atoms with E-state index in [1.165, 1.54) is 17.3 Å². The van der Waals surface area contributed by atoms with Crippen LogP contribution in [-0.2, 0) is 10.5 Å². The molecule has 1 amide bonds. The fourth-order valence-electron chi connectivity index (χ4n) is 4.11. The van der Waals surface area contributed by atoms with Gasteiger partial charge in [-0.25, -0.2) is 0 Å². The van der Waals surface area contributed by atoms with Gasteiger partial charge in [-0.15, -0.1) is 11.8 Å². The molecule has 6 heteroatoms. The average molecular weight is 473 g/mol. The second-order valence-electron chi connectivity index (χ2n) is 8.13. The molecular weight excluding hydrogens is 444 g/mol. The zero-order chi connectivity index (χ0) is 23.9. The molecule has 174 valence electrons. The average Bonchev–Trinajstić information content (AvgIpc) is 3.29. The molecule has 0 bridgehead atoms. The maximum Gasteiger partial charge on any atom is 0.230 e. The van der Waals surface area contributed by atoms with E-state index in [0.29, 0.717) is 23.6 Å². The second-order valence-corrected chi connectivity index (χ2v) is 9.12. The van der Waals surface area contributed by atoms with E-state index in [2.05, 4.69) is 34.6 Å². The Morgan fingerprint density at radius 1 is 1.03 bits per heavy atom. The molecule has 0 spiro atoms. The summed E-state index contributed by atoms with van der Waals surface area (Å²) >= 11 is 1.50. The maximum absolute atomic E-state index is 12.7. The molecule has 1 unspecified atom stereocenters. The number of methoxy groups -OCH3 is 1. The second kappa shape index (κ2) is 11.1. The van der Waals surface area contributed by atoms with E-state index in [1.54, 1.807) is 26.2 Å². The van der Waals surface area contributed by atoms with E-state index in [1.807, 2.05) is 42.6 Å². The number of carbonyl (C=O) groups excluding carboxylic acids is 2. The molecule has 0 saturated carbocycles. The number of fused-ring (bicyclic) bond motifs is 1. The van der Waals surface area contributed by atoms with E-state index >= 15 is 0 Å². The Kier molecular flexibility index (Phi) is 7.70. The number of nitrogens with one attached hydrogen (secondary N) is 2. The fourth-order valence-corrected chi connectivity index (χ4v) is 4.94. The lowest BCUT2D eigenvalue weighted by molar-refractivity contribution is -0.118. The predicted molar refractivity (Wildman–Crippen MR) is 139 cm³/mol. The van der Waals surface area contributed by atoms with Crippen LogP contribution in [0.5, 0.6) is 5.75 Å². The minimum atomic E-state index is -0.0209. The molecule has 0 aliphatic heterocycles. The molecular formula is C28H28N2O3S. The van der Waals surface area contributed by atoms with Gasteiger partial charge in [-0.3, -0.25) is 9.59 Å². The Bertz CT molecular complexity index is 1280. The maximum atomic E-state index is 12.7. The number of ether oxygens (including phenoxy) is 1. The Hall–Kier alpha value is -3.51. The molecule has 0 aliphatic carbocycles. The molecule has 0 aliphatic rings. The number of Topliss-reactive ketones (excluding diaryl/α,β-unsaturated/α-hetero) is 1. The highest BCUT2D eigenvalue weighted by Gasteiger charge is 2.19. The van der Waals surface area contributed by atoms with Gasteiger partial charge in [0.1, 0.15) is 5.75 Å². The van der Waals surface area contributed by atoms with Crippen molar-refractivity contribution in [2.75, 3.05) is 19.4 Å². The molecule has 0 saturated heterocycles. The van der Waals surface area contributed by atoms with E-state index in [9.17, 15) is 9.59 Å². The third kappa shape index (κ3) is 5.51. The van der Waals surface area contributed by atoms with Crippen molar-refractivity contribution in [1.82, 2.24) is 10.3 Å². The van der Waals surface area contributed by atoms with Crippen molar-refractivity contribution >= 4 is 34.4 Å². The number of benzene rings is 3. The first-order chi connectivity index (χ1) is 16.6. The van der Waals surface area contributed by atoms with Crippen LogP contribution in [0, 0.1) is 0 Å². The summed E-state index contributed by atoms with van der Waals surface area (Å²) in [7, 11) is 1.61. The van der Waals surface area contributed by atoms with E-state index in [0.717, 1.165) is 27.8 Å². The van der Waals surface area contributed by atoms with Crippen molar-refractivity contribution < 1.29 is 14.3 Å². The van der Waals surface area contributed by atoms with Gasteiger partial charge < -0.3 is 15.0 Å². The summed E-state index contributed by atoms with van der Waals surface area (Å²) in [6.07, 6.45) is 2.04. The van der Waals surface area contributed by atoms with Crippen LogP contribution in [0.15, 0.2) is 79.0 Å². The van der Waals surface area contributed by atoms with Crippen LogP contribution in [0.25, 0.3) is 10.9 Å². The largest absolute Gasteiger partial charge is 0.496 e. The lowest BCUT2D eigenvalue weighted by Gasteiger charge is -2.18. The van der Waals surface area contributed by atoms with Gasteiger partial charge in [0.05, 0.1) is 12.9 Å². The molecule has 2 N–H and O–H groups in total. The number of rotatable bonds is 10. The van der Waals surface area contributed by atoms with Crippen molar-refractivity contribution in [3.63, 3.8) is 0 Å². The molecule has 1 atom stereocenters. The van der Waals surface area contributed by atoms with Crippen molar-refractivity contribution in [3.8, 4) is 5.75 Å². The predicted octanol–water partition coefficient (Wildman–Crippen LogP) is 5.56. The Morgan fingerprint density at radius 2 is 1.79 bits per heavy atom. The summed E-state index contributed by atoms with van der Waals surface area (Å²) in [5, 5.41) is 4.28. The van der Waals surface area contributed by atoms with Gasteiger partial charge in [-0.2, -0.15) is 0 Å². The van der Waals surface area contributed by atoms with Crippen LogP contribution in [0.2, 0.25) is 0 Å². The van der Waals surface area contributed by atoms with Gasteiger partial charge in [0.25, 0.3) is 0 Å². The molecule has 4 aromatic rings. The Morgan fingerprint density at radius 3 is 2.56 bits per heavy atom. The summed E-state index contributed by atoms with van der Waals surface area (Å²) in [4.78, 5) is 27.8. The Balaban J connectivity index is 1.41. The lowest BCUT2D eigenvalue weighted by atomic mass is 9.91. The zero-order valence-corrected chi connectivity index (χ0v) is 20.2. The van der Waals surface area contributed by atoms with Gasteiger partial charge in [-0.05, 0) is 42.3 Å². The highest BCUT2D eigenvalue weighted by Crippen LogP contribution is 2.30. The van der Waals surface area contributed by atoms with Crippen LogP contribution in [0.4, 0.5) is 0 Å². The lowest BCUT2D eigenvalue weighted by Crippen LogP contribution is -2.30. The first-order valence-electron chi connectivity index (χ1n) is 11.2. The number of H-pyrrole nitrogens is 1. The molecule has 1 heterocycles. The van der Waals surface area contributed by atoms with Crippen LogP contribution >= 0.6 is 11.8 Å². The Labute approximate surface area is 203 Å². The molecule has 34 heavy (non-hydrogen) atoms. The number of hydrogen-bond donors (Lipinski definition) is 2. The molecule has 5 nitrogen and oxygen atoms in total. The number of aromatic amines is 1. The number of hydrogen-bond acceptors (Lipinski definition) is 4. The number of aromatic nitrogens is 1. The SMILES string of the molecule is COc1ccc(C(C)=O)cc1CSCC(=O)NCC(c1ccccc1)c1c[nH]c2ccccc12. The zero-order valence-electron chi connectivity index (χ0n) is 19.3. The van der Waals surface area contributed by atoms with E-state index < -0.39 is 0 Å². The molecule has 0 radical (unpaired) electrons. The summed E-state index contributed by atoms with van der Waals surface area (Å²) < 4.78 is 5.41. The van der Waals surface area contributed by atoms with Crippen molar-refractivity contribution in [2.45, 2.75) is 18.6 Å². The van der Waals surface area contributed by atoms with Gasteiger partial charge in [0.15, 0.2) is 5.78 Å². The smallest absolute Gasteiger partial charge is 0.230 e. The van der Waals surface area contributed by atoms with Gasteiger partial charge in [0.2, 0.25) is 5.91 Å². The monoisotopic (exact) mass is 472 g/mol. The number of carbonyl (C=O) groups is 2. The molecule has 4 rings (SSSR count). The van der Waals surface area contributed by atoms with Gasteiger partial charge in [-0.1, -0.05) is 48.5 Å². The van der Waals surface area contributed by atoms with Crippen LogP contribution in [0.1, 0.15) is 39.9 Å². The standard InChI is InChI=1S/C28H28N2O3S/c1-19(31)21-12-13-27(33-2)22(14-21)17-34-18-28(32)30-15-24(20-8-4-3-5-9-20)25-16-29-26-11-7-6-10-23(25)26/h3-14,16,24,29H,15,17-18H2,1-2H3,(H,30,32). The summed E-state index contributed by atoms with van der Waals surface area (Å²) in [6, 6.07) is 23.9. The minimum absolute atomic E-state index is 0.0101. The quantitative estimate of drug-likeness (QED) is 0.297. The normalized spacial score (nSPS) is 11.8. The topological polar surface area (TPSA) is 71.2 Å². The van der Waals surface area contributed by atoms with Gasteiger partial charge >= 0.3 is 0 Å². The van der Waals surface area contributed by atoms with E-state index in [4.69, 9.17) is 4.74 Å². The number of ketones is 1. The van der Waals surface area contributed by atoms with Crippen LogP contribution < -0.4 is 10.1 Å². The molecule has 1 aromatic heterocycles. The van der Waals surface area contributed by atoms with Gasteiger partial charge in [0, 0.05) is 46.4 Å². The minimum Gasteiger partial charge on any atom is -0.496 e. The number of thioether (sulfide) groups is 1. The number of para-hydroxylation sites is 1. The van der Waals surface area contributed by atoms with Crippen molar-refractivity contribution in [2.24, 2.45) is 0 Å². The van der Waals surface area contributed by atoms with Crippen molar-refractivity contribution in [1.29, 1.82) is 0 Å². The fraction of sp³-hybridized carbons (Fsp3) is 0.214. The first kappa shape index (κ1) is 23.6. The summed E-state index contributed by atoms with van der Waals surface area (Å²) in [5.41, 5.74) is 4.97. The number of amides is 1. The van der Waals surface area contributed by atoms with E-state index in [-0.39, 0.29) is 17.6 Å². The molecule has 3 aromatic carbocycles. The summed E-state index contributed by atoms with van der Waals surface area (Å²) in [6.45, 7) is 2.05. The highest BCUT2D eigenvalue weighted by atomic mass is 32.2.